The van der Waals surface area contributed by atoms with Crippen molar-refractivity contribution >= 4 is 0 Å². The Balaban J connectivity index is 2.43. The molecule has 0 bridgehead atoms. The molecule has 1 aliphatic rings. The van der Waals surface area contributed by atoms with Gasteiger partial charge in [-0.05, 0) is 39.9 Å². The molecule has 0 aromatic heterocycles. The second kappa shape index (κ2) is 4.97. The van der Waals surface area contributed by atoms with Crippen molar-refractivity contribution in [2.75, 3.05) is 26.2 Å². The van der Waals surface area contributed by atoms with E-state index in [1.54, 1.807) is 0 Å². The molecule has 78 valence electrons. The Morgan fingerprint density at radius 1 is 1.38 bits per heavy atom. The van der Waals surface area contributed by atoms with Gasteiger partial charge in [0.2, 0.25) is 0 Å². The molecule has 1 heterocycles. The molecule has 1 saturated heterocycles. The fraction of sp³-hybridized carbons (Fsp3) is 1.00. The highest BCUT2D eigenvalue weighted by molar-refractivity contribution is 4.83. The average Bonchev–Trinajstić information content (AvgIpc) is 2.53. The van der Waals surface area contributed by atoms with E-state index in [4.69, 9.17) is 0 Å². The Bertz CT molecular complexity index is 145. The van der Waals surface area contributed by atoms with Gasteiger partial charge in [0.15, 0.2) is 0 Å². The first-order valence-corrected chi connectivity index (χ1v) is 5.67. The van der Waals surface area contributed by atoms with Gasteiger partial charge < -0.3 is 4.90 Å². The van der Waals surface area contributed by atoms with Crippen molar-refractivity contribution in [3.63, 3.8) is 0 Å². The van der Waals surface area contributed by atoms with Gasteiger partial charge in [-0.15, -0.1) is 0 Å². The van der Waals surface area contributed by atoms with Crippen molar-refractivity contribution in [3.8, 4) is 0 Å². The summed E-state index contributed by atoms with van der Waals surface area (Å²) in [6.07, 6.45) is 1.36. The van der Waals surface area contributed by atoms with E-state index in [0.29, 0.717) is 6.04 Å². The van der Waals surface area contributed by atoms with Gasteiger partial charge >= 0.3 is 0 Å². The smallest absolute Gasteiger partial charge is 0.0237 e. The monoisotopic (exact) mass is 184 g/mol. The van der Waals surface area contributed by atoms with E-state index in [-0.39, 0.29) is 0 Å². The average molecular weight is 184 g/mol. The molecule has 1 atom stereocenters. The summed E-state index contributed by atoms with van der Waals surface area (Å²) >= 11 is 0. The van der Waals surface area contributed by atoms with Crippen molar-refractivity contribution < 1.29 is 0 Å². The van der Waals surface area contributed by atoms with Crippen LogP contribution < -0.4 is 0 Å². The van der Waals surface area contributed by atoms with Gasteiger partial charge in [0.1, 0.15) is 0 Å². The zero-order valence-corrected chi connectivity index (χ0v) is 9.58. The van der Waals surface area contributed by atoms with Crippen molar-refractivity contribution in [1.82, 2.24) is 9.80 Å². The van der Waals surface area contributed by atoms with Crippen molar-refractivity contribution in [2.24, 2.45) is 0 Å². The van der Waals surface area contributed by atoms with Gasteiger partial charge in [-0.1, -0.05) is 13.8 Å². The van der Waals surface area contributed by atoms with E-state index in [2.05, 4.69) is 37.5 Å². The maximum absolute atomic E-state index is 2.62. The summed E-state index contributed by atoms with van der Waals surface area (Å²) in [5.41, 5.74) is 0. The van der Waals surface area contributed by atoms with Crippen LogP contribution >= 0.6 is 0 Å². The summed E-state index contributed by atoms with van der Waals surface area (Å²) in [7, 11) is 0. The molecule has 0 spiro atoms. The quantitative estimate of drug-likeness (QED) is 0.657. The number of hydrogen-bond donors (Lipinski definition) is 0. The van der Waals surface area contributed by atoms with Crippen LogP contribution in [0, 0.1) is 0 Å². The Labute approximate surface area is 82.9 Å². The molecule has 1 fully saturated rings. The van der Waals surface area contributed by atoms with Crippen LogP contribution in [0.5, 0.6) is 0 Å². The molecule has 0 saturated carbocycles. The normalized spacial score (nSPS) is 24.9. The Morgan fingerprint density at radius 2 is 2.08 bits per heavy atom. The minimum atomic E-state index is 0.701. The standard InChI is InChI=1S/C11H24N2/c1-5-12-8-7-11(9-12)13(6-2)10(3)4/h10-11H,5-9H2,1-4H3. The number of hydrogen-bond acceptors (Lipinski definition) is 2. The van der Waals surface area contributed by atoms with Crippen LogP contribution in [0.25, 0.3) is 0 Å². The third-order valence-electron chi connectivity index (χ3n) is 3.19. The highest BCUT2D eigenvalue weighted by Crippen LogP contribution is 2.17. The lowest BCUT2D eigenvalue weighted by atomic mass is 10.2. The summed E-state index contributed by atoms with van der Waals surface area (Å²) in [4.78, 5) is 5.17. The third-order valence-corrected chi connectivity index (χ3v) is 3.19. The second-order valence-corrected chi connectivity index (χ2v) is 4.26. The van der Waals surface area contributed by atoms with Crippen molar-refractivity contribution in [1.29, 1.82) is 0 Å². The summed E-state index contributed by atoms with van der Waals surface area (Å²) in [6, 6.07) is 1.51. The summed E-state index contributed by atoms with van der Waals surface area (Å²) in [6.45, 7) is 14.1. The number of rotatable bonds is 4. The van der Waals surface area contributed by atoms with Crippen molar-refractivity contribution in [2.45, 2.75) is 46.2 Å². The molecular formula is C11H24N2. The molecule has 0 N–H and O–H groups in total. The first-order chi connectivity index (χ1) is 6.19. The Kier molecular flexibility index (Phi) is 4.20. The van der Waals surface area contributed by atoms with E-state index < -0.39 is 0 Å². The van der Waals surface area contributed by atoms with Crippen LogP contribution in [0.3, 0.4) is 0 Å². The molecule has 0 aromatic rings. The minimum Gasteiger partial charge on any atom is -0.302 e. The van der Waals surface area contributed by atoms with Gasteiger partial charge in [0.25, 0.3) is 0 Å². The molecular weight excluding hydrogens is 160 g/mol. The number of likely N-dealkylation sites (N-methyl/N-ethyl adjacent to an activating group) is 2. The molecule has 0 amide bonds. The van der Waals surface area contributed by atoms with Gasteiger partial charge in [0.05, 0.1) is 0 Å². The molecule has 1 aliphatic heterocycles. The minimum absolute atomic E-state index is 0.701. The number of likely N-dealkylation sites (tertiary alicyclic amines) is 1. The Morgan fingerprint density at radius 3 is 2.46 bits per heavy atom. The van der Waals surface area contributed by atoms with Gasteiger partial charge in [-0.2, -0.15) is 0 Å². The van der Waals surface area contributed by atoms with E-state index in [1.165, 1.54) is 32.6 Å². The summed E-state index contributed by atoms with van der Waals surface area (Å²) in [5.74, 6) is 0. The number of nitrogens with zero attached hydrogens (tertiary/aromatic N) is 2. The van der Waals surface area contributed by atoms with Crippen LogP contribution in [-0.4, -0.2) is 48.1 Å². The maximum atomic E-state index is 2.62. The zero-order chi connectivity index (χ0) is 9.84. The first-order valence-electron chi connectivity index (χ1n) is 5.67. The van der Waals surface area contributed by atoms with Crippen LogP contribution in [0.15, 0.2) is 0 Å². The van der Waals surface area contributed by atoms with Crippen molar-refractivity contribution in [3.05, 3.63) is 0 Å². The van der Waals surface area contributed by atoms with E-state index in [1.807, 2.05) is 0 Å². The third kappa shape index (κ3) is 2.68. The molecule has 0 aliphatic carbocycles. The van der Waals surface area contributed by atoms with Crippen LogP contribution in [-0.2, 0) is 0 Å². The fourth-order valence-electron chi connectivity index (χ4n) is 2.42. The van der Waals surface area contributed by atoms with E-state index >= 15 is 0 Å². The lowest BCUT2D eigenvalue weighted by molar-refractivity contribution is 0.162. The maximum Gasteiger partial charge on any atom is 0.0237 e. The molecule has 0 aromatic carbocycles. The van der Waals surface area contributed by atoms with Gasteiger partial charge in [-0.3, -0.25) is 4.90 Å². The highest BCUT2D eigenvalue weighted by atomic mass is 15.3. The summed E-state index contributed by atoms with van der Waals surface area (Å²) in [5, 5.41) is 0. The highest BCUT2D eigenvalue weighted by Gasteiger charge is 2.26. The molecule has 1 rings (SSSR count). The van der Waals surface area contributed by atoms with Gasteiger partial charge in [-0.25, -0.2) is 0 Å². The predicted molar refractivity (Wildman–Crippen MR) is 58.0 cm³/mol. The molecule has 2 heteroatoms. The first kappa shape index (κ1) is 11.0. The van der Waals surface area contributed by atoms with Gasteiger partial charge in [0, 0.05) is 18.6 Å². The Hall–Kier alpha value is -0.0800. The van der Waals surface area contributed by atoms with Crippen LogP contribution in [0.2, 0.25) is 0 Å². The molecule has 13 heavy (non-hydrogen) atoms. The molecule has 2 nitrogen and oxygen atoms in total. The lowest BCUT2D eigenvalue weighted by Crippen LogP contribution is -2.41. The fourth-order valence-corrected chi connectivity index (χ4v) is 2.42. The van der Waals surface area contributed by atoms with E-state index in [0.717, 1.165) is 6.04 Å². The zero-order valence-electron chi connectivity index (χ0n) is 9.58. The largest absolute Gasteiger partial charge is 0.302 e. The SMILES string of the molecule is CCN1CCC(N(CC)C(C)C)C1. The van der Waals surface area contributed by atoms with E-state index in [9.17, 15) is 0 Å². The molecule has 1 unspecified atom stereocenters. The summed E-state index contributed by atoms with van der Waals surface area (Å²) < 4.78 is 0. The topological polar surface area (TPSA) is 6.48 Å². The van der Waals surface area contributed by atoms with Crippen LogP contribution in [0.1, 0.15) is 34.1 Å². The predicted octanol–water partition coefficient (Wildman–Crippen LogP) is 1.81. The molecule has 0 radical (unpaired) electrons. The lowest BCUT2D eigenvalue weighted by Gasteiger charge is -2.31. The second-order valence-electron chi connectivity index (χ2n) is 4.26. The van der Waals surface area contributed by atoms with Crippen LogP contribution in [0.4, 0.5) is 0 Å².